The van der Waals surface area contributed by atoms with Gasteiger partial charge in [0.2, 0.25) is 11.8 Å². The lowest BCUT2D eigenvalue weighted by Crippen LogP contribution is -2.58. The first-order chi connectivity index (χ1) is 9.32. The Hall–Kier alpha value is -1.11. The standard InChI is InChI=1S/C13H20N2O4S/c1-13(9-2-3-9)12(17)15(6-4-11(16)14-13)10-5-7-20(18,19)8-10/h9-10H,2-8H2,1H3,(H,14,16). The number of carbonyl (C=O) groups is 2. The van der Waals surface area contributed by atoms with E-state index >= 15 is 0 Å². The lowest BCUT2D eigenvalue weighted by molar-refractivity contribution is -0.140. The highest BCUT2D eigenvalue weighted by Crippen LogP contribution is 2.42. The Morgan fingerprint density at radius 1 is 1.25 bits per heavy atom. The van der Waals surface area contributed by atoms with E-state index in [9.17, 15) is 18.0 Å². The minimum atomic E-state index is -3.03. The molecule has 0 bridgehead atoms. The number of hydrogen-bond acceptors (Lipinski definition) is 4. The fourth-order valence-corrected chi connectivity index (χ4v) is 5.07. The summed E-state index contributed by atoms with van der Waals surface area (Å²) in [5, 5.41) is 2.86. The van der Waals surface area contributed by atoms with E-state index in [0.717, 1.165) is 12.8 Å². The lowest BCUT2D eigenvalue weighted by atomic mass is 9.93. The molecule has 0 aromatic heterocycles. The first kappa shape index (κ1) is 13.9. The van der Waals surface area contributed by atoms with Crippen LogP contribution in [0.25, 0.3) is 0 Å². The smallest absolute Gasteiger partial charge is 0.248 e. The number of carbonyl (C=O) groups excluding carboxylic acids is 2. The summed E-state index contributed by atoms with van der Waals surface area (Å²) in [4.78, 5) is 26.3. The third kappa shape index (κ3) is 2.32. The molecule has 1 aliphatic carbocycles. The van der Waals surface area contributed by atoms with Crippen LogP contribution in [0.2, 0.25) is 0 Å². The predicted octanol–water partition coefficient (Wildman–Crippen LogP) is -0.309. The van der Waals surface area contributed by atoms with Crippen molar-refractivity contribution >= 4 is 21.7 Å². The number of hydrogen-bond donors (Lipinski definition) is 1. The summed E-state index contributed by atoms with van der Waals surface area (Å²) in [6.07, 6.45) is 2.63. The molecule has 2 saturated heterocycles. The van der Waals surface area contributed by atoms with Gasteiger partial charge in [0, 0.05) is 19.0 Å². The molecule has 0 aromatic carbocycles. The highest BCUT2D eigenvalue weighted by Gasteiger charge is 2.52. The Morgan fingerprint density at radius 2 is 1.95 bits per heavy atom. The van der Waals surface area contributed by atoms with Gasteiger partial charge in [-0.05, 0) is 32.1 Å². The highest BCUT2D eigenvalue weighted by molar-refractivity contribution is 7.91. The fourth-order valence-electron chi connectivity index (χ4n) is 3.33. The van der Waals surface area contributed by atoms with Crippen LogP contribution in [-0.4, -0.2) is 54.8 Å². The average molecular weight is 300 g/mol. The predicted molar refractivity (Wildman–Crippen MR) is 72.7 cm³/mol. The summed E-state index contributed by atoms with van der Waals surface area (Å²) in [6, 6.07) is -0.265. The van der Waals surface area contributed by atoms with Gasteiger partial charge < -0.3 is 10.2 Å². The SMILES string of the molecule is CC1(C2CC2)NC(=O)CCN(C2CCS(=O)(=O)C2)C1=O. The summed E-state index contributed by atoms with van der Waals surface area (Å²) in [7, 11) is -3.03. The summed E-state index contributed by atoms with van der Waals surface area (Å²) in [5.41, 5.74) is -0.847. The Bertz CT molecular complexity index is 555. The topological polar surface area (TPSA) is 83.6 Å². The fraction of sp³-hybridized carbons (Fsp3) is 0.846. The maximum absolute atomic E-state index is 12.8. The van der Waals surface area contributed by atoms with Crippen molar-refractivity contribution in [3.05, 3.63) is 0 Å². The van der Waals surface area contributed by atoms with Crippen LogP contribution < -0.4 is 5.32 Å². The molecular weight excluding hydrogens is 280 g/mol. The molecule has 112 valence electrons. The summed E-state index contributed by atoms with van der Waals surface area (Å²) >= 11 is 0. The molecule has 2 unspecified atom stereocenters. The normalized spacial score (nSPS) is 37.6. The largest absolute Gasteiger partial charge is 0.342 e. The van der Waals surface area contributed by atoms with Gasteiger partial charge in [-0.1, -0.05) is 0 Å². The molecule has 3 aliphatic rings. The Balaban J connectivity index is 1.87. The van der Waals surface area contributed by atoms with Crippen molar-refractivity contribution < 1.29 is 18.0 Å². The Labute approximate surface area is 118 Å². The second kappa shape index (κ2) is 4.44. The molecule has 1 saturated carbocycles. The number of amides is 2. The van der Waals surface area contributed by atoms with Crippen LogP contribution in [0.3, 0.4) is 0 Å². The first-order valence-corrected chi connectivity index (χ1v) is 8.96. The molecule has 2 aliphatic heterocycles. The van der Waals surface area contributed by atoms with Gasteiger partial charge in [-0.2, -0.15) is 0 Å². The molecule has 20 heavy (non-hydrogen) atoms. The summed E-state index contributed by atoms with van der Waals surface area (Å²) < 4.78 is 23.3. The minimum absolute atomic E-state index is 0.0354. The number of nitrogens with one attached hydrogen (secondary N) is 1. The van der Waals surface area contributed by atoms with Crippen LogP contribution in [0, 0.1) is 5.92 Å². The second-order valence-electron chi connectivity index (χ2n) is 6.33. The van der Waals surface area contributed by atoms with Crippen LogP contribution in [0.4, 0.5) is 0 Å². The van der Waals surface area contributed by atoms with Crippen molar-refractivity contribution in [2.45, 2.75) is 44.2 Å². The molecule has 2 heterocycles. The molecule has 6 nitrogen and oxygen atoms in total. The zero-order chi connectivity index (χ0) is 14.5. The second-order valence-corrected chi connectivity index (χ2v) is 8.56. The van der Waals surface area contributed by atoms with Crippen molar-refractivity contribution in [1.82, 2.24) is 10.2 Å². The third-order valence-corrected chi connectivity index (χ3v) is 6.48. The van der Waals surface area contributed by atoms with Crippen LogP contribution in [0.5, 0.6) is 0 Å². The van der Waals surface area contributed by atoms with Crippen molar-refractivity contribution in [3.8, 4) is 0 Å². The zero-order valence-corrected chi connectivity index (χ0v) is 12.4. The van der Waals surface area contributed by atoms with Crippen molar-refractivity contribution in [3.63, 3.8) is 0 Å². The first-order valence-electron chi connectivity index (χ1n) is 7.14. The number of nitrogens with zero attached hydrogens (tertiary/aromatic N) is 1. The molecule has 0 aromatic rings. The van der Waals surface area contributed by atoms with Gasteiger partial charge in [-0.15, -0.1) is 0 Å². The van der Waals surface area contributed by atoms with E-state index in [1.165, 1.54) is 0 Å². The highest BCUT2D eigenvalue weighted by atomic mass is 32.2. The van der Waals surface area contributed by atoms with Crippen LogP contribution in [0.15, 0.2) is 0 Å². The van der Waals surface area contributed by atoms with Crippen LogP contribution in [-0.2, 0) is 19.4 Å². The Morgan fingerprint density at radius 3 is 2.50 bits per heavy atom. The van der Waals surface area contributed by atoms with E-state index in [2.05, 4.69) is 5.32 Å². The molecular formula is C13H20N2O4S. The van der Waals surface area contributed by atoms with Gasteiger partial charge >= 0.3 is 0 Å². The van der Waals surface area contributed by atoms with Crippen LogP contribution >= 0.6 is 0 Å². The Kier molecular flexibility index (Phi) is 3.08. The molecule has 7 heteroatoms. The monoisotopic (exact) mass is 300 g/mol. The molecule has 3 fully saturated rings. The number of sulfone groups is 1. The van der Waals surface area contributed by atoms with Crippen molar-refractivity contribution in [1.29, 1.82) is 0 Å². The van der Waals surface area contributed by atoms with Gasteiger partial charge in [-0.25, -0.2) is 8.42 Å². The summed E-state index contributed by atoms with van der Waals surface area (Å²) in [5.74, 6) is 0.151. The molecule has 0 spiro atoms. The zero-order valence-electron chi connectivity index (χ0n) is 11.6. The molecule has 2 amide bonds. The summed E-state index contributed by atoms with van der Waals surface area (Å²) in [6.45, 7) is 2.11. The van der Waals surface area contributed by atoms with Gasteiger partial charge in [0.15, 0.2) is 9.84 Å². The maximum Gasteiger partial charge on any atom is 0.248 e. The quantitative estimate of drug-likeness (QED) is 0.758. The van der Waals surface area contributed by atoms with Gasteiger partial charge in [-0.3, -0.25) is 9.59 Å². The average Bonchev–Trinajstić information content (AvgIpc) is 3.15. The van der Waals surface area contributed by atoms with Gasteiger partial charge in [0.05, 0.1) is 11.5 Å². The van der Waals surface area contributed by atoms with Gasteiger partial charge in [0.1, 0.15) is 5.54 Å². The molecule has 3 rings (SSSR count). The van der Waals surface area contributed by atoms with Crippen molar-refractivity contribution in [2.24, 2.45) is 5.92 Å². The lowest BCUT2D eigenvalue weighted by Gasteiger charge is -2.35. The molecule has 1 N–H and O–H groups in total. The molecule has 0 radical (unpaired) electrons. The third-order valence-electron chi connectivity index (χ3n) is 4.73. The van der Waals surface area contributed by atoms with E-state index in [4.69, 9.17) is 0 Å². The van der Waals surface area contributed by atoms with Crippen molar-refractivity contribution in [2.75, 3.05) is 18.1 Å². The van der Waals surface area contributed by atoms with E-state index in [0.29, 0.717) is 13.0 Å². The number of rotatable bonds is 2. The van der Waals surface area contributed by atoms with E-state index in [1.807, 2.05) is 0 Å². The minimum Gasteiger partial charge on any atom is -0.342 e. The van der Waals surface area contributed by atoms with Gasteiger partial charge in [0.25, 0.3) is 0 Å². The molecule has 2 atom stereocenters. The van der Waals surface area contributed by atoms with Crippen LogP contribution in [0.1, 0.15) is 32.6 Å². The van der Waals surface area contributed by atoms with E-state index in [-0.39, 0.29) is 41.7 Å². The van der Waals surface area contributed by atoms with E-state index < -0.39 is 15.4 Å². The maximum atomic E-state index is 12.8. The van der Waals surface area contributed by atoms with E-state index in [1.54, 1.807) is 11.8 Å².